The zero-order valence-electron chi connectivity index (χ0n) is 11.9. The van der Waals surface area contributed by atoms with Gasteiger partial charge in [0, 0.05) is 0 Å². The first kappa shape index (κ1) is 15.1. The molecule has 1 saturated heterocycles. The van der Waals surface area contributed by atoms with Crippen LogP contribution in [-0.2, 0) is 0 Å². The van der Waals surface area contributed by atoms with Gasteiger partial charge in [0.2, 0.25) is 0 Å². The number of fused-ring (bicyclic) bond motifs is 1. The van der Waals surface area contributed by atoms with Gasteiger partial charge in [-0.2, -0.15) is 0 Å². The smallest absolute Gasteiger partial charge is 0.0907 e. The zero-order valence-corrected chi connectivity index (χ0v) is 12.8. The molecule has 3 heteroatoms. The van der Waals surface area contributed by atoms with Gasteiger partial charge in [-0.25, -0.2) is 4.98 Å². The van der Waals surface area contributed by atoms with Gasteiger partial charge in [-0.05, 0) is 52.0 Å². The number of aryl methyl sites for hydroxylation is 1. The van der Waals surface area contributed by atoms with Gasteiger partial charge in [-0.1, -0.05) is 26.0 Å². The van der Waals surface area contributed by atoms with Crippen molar-refractivity contribution < 1.29 is 0 Å². The highest BCUT2D eigenvalue weighted by Gasteiger charge is 2.03. The van der Waals surface area contributed by atoms with Crippen LogP contribution in [0.3, 0.4) is 0 Å². The lowest BCUT2D eigenvalue weighted by atomic mass is 10.3. The van der Waals surface area contributed by atoms with Crippen molar-refractivity contribution in [3.05, 3.63) is 29.3 Å². The molecule has 0 unspecified atom stereocenters. The van der Waals surface area contributed by atoms with E-state index in [4.69, 9.17) is 0 Å². The molecule has 0 atom stereocenters. The molecular formula is C15H24N2S. The Bertz CT molecular complexity index is 411. The second-order valence-electron chi connectivity index (χ2n) is 4.21. The average Bonchev–Trinajstić information content (AvgIpc) is 3.00. The lowest BCUT2D eigenvalue weighted by Gasteiger charge is -2.01. The Hall–Kier alpha value is -0.930. The van der Waals surface area contributed by atoms with Gasteiger partial charge >= 0.3 is 0 Å². The maximum atomic E-state index is 4.33. The second kappa shape index (κ2) is 8.22. The summed E-state index contributed by atoms with van der Waals surface area (Å²) < 4.78 is 1.28. The number of hydrogen-bond donors (Lipinski definition) is 0. The topological polar surface area (TPSA) is 16.1 Å². The molecule has 1 aromatic heterocycles. The molecule has 0 bridgehead atoms. The van der Waals surface area contributed by atoms with Gasteiger partial charge in [-0.3, -0.25) is 0 Å². The van der Waals surface area contributed by atoms with Crippen LogP contribution in [0.1, 0.15) is 31.7 Å². The Balaban J connectivity index is 0.000000174. The number of rotatable bonds is 0. The Morgan fingerprint density at radius 2 is 1.72 bits per heavy atom. The molecule has 2 heterocycles. The van der Waals surface area contributed by atoms with Gasteiger partial charge in [0.1, 0.15) is 0 Å². The van der Waals surface area contributed by atoms with Crippen molar-refractivity contribution in [2.45, 2.75) is 33.6 Å². The molecule has 100 valence electrons. The van der Waals surface area contributed by atoms with Gasteiger partial charge in [0.25, 0.3) is 0 Å². The average molecular weight is 264 g/mol. The number of benzene rings is 1. The lowest BCUT2D eigenvalue weighted by Crippen LogP contribution is -2.10. The fourth-order valence-corrected chi connectivity index (χ4v) is 2.69. The molecule has 0 spiro atoms. The Labute approximate surface area is 115 Å². The van der Waals surface area contributed by atoms with Gasteiger partial charge in [-0.15, -0.1) is 11.3 Å². The first-order valence-corrected chi connectivity index (χ1v) is 7.58. The molecule has 2 aromatic rings. The lowest BCUT2D eigenvalue weighted by molar-refractivity contribution is 0.418. The molecule has 0 amide bonds. The molecule has 0 radical (unpaired) electrons. The quantitative estimate of drug-likeness (QED) is 0.703. The van der Waals surface area contributed by atoms with Crippen LogP contribution in [0, 0.1) is 6.92 Å². The third kappa shape index (κ3) is 4.75. The first-order valence-electron chi connectivity index (χ1n) is 6.76. The summed E-state index contributed by atoms with van der Waals surface area (Å²) in [5.41, 5.74) is 1.12. The van der Waals surface area contributed by atoms with Crippen molar-refractivity contribution in [1.29, 1.82) is 0 Å². The predicted molar refractivity (Wildman–Crippen MR) is 82.4 cm³/mol. The summed E-state index contributed by atoms with van der Waals surface area (Å²) in [5, 5.41) is 1.14. The second-order valence-corrected chi connectivity index (χ2v) is 5.45. The predicted octanol–water partition coefficient (Wildman–Crippen LogP) is 4.34. The molecule has 1 aliphatic heterocycles. The Morgan fingerprint density at radius 1 is 1.11 bits per heavy atom. The summed E-state index contributed by atoms with van der Waals surface area (Å²) in [6, 6.07) is 8.19. The van der Waals surface area contributed by atoms with E-state index in [1.54, 1.807) is 11.3 Å². The molecule has 0 N–H and O–H groups in total. The normalized spacial score (nSPS) is 14.7. The minimum Gasteiger partial charge on any atom is -0.306 e. The van der Waals surface area contributed by atoms with Gasteiger partial charge in [0.15, 0.2) is 0 Å². The maximum Gasteiger partial charge on any atom is 0.0907 e. The van der Waals surface area contributed by atoms with Crippen LogP contribution >= 0.6 is 11.3 Å². The molecular weight excluding hydrogens is 240 g/mol. The van der Waals surface area contributed by atoms with Gasteiger partial charge < -0.3 is 4.90 Å². The standard InChI is InChI=1S/C8H7NS.C5H11N.C2H6/c1-6-9-7-4-2-3-5-8(7)10-6;1-6-4-2-3-5-6;1-2/h2-5H,1H3;2-5H2,1H3;1-2H3. The summed E-state index contributed by atoms with van der Waals surface area (Å²) >= 11 is 1.74. The molecule has 18 heavy (non-hydrogen) atoms. The van der Waals surface area contributed by atoms with E-state index in [-0.39, 0.29) is 0 Å². The first-order chi connectivity index (χ1) is 8.75. The van der Waals surface area contributed by atoms with Crippen LogP contribution in [0.5, 0.6) is 0 Å². The molecule has 0 saturated carbocycles. The van der Waals surface area contributed by atoms with Crippen molar-refractivity contribution in [1.82, 2.24) is 9.88 Å². The van der Waals surface area contributed by atoms with Crippen molar-refractivity contribution in [2.24, 2.45) is 0 Å². The van der Waals surface area contributed by atoms with Gasteiger partial charge in [0.05, 0.1) is 15.2 Å². The third-order valence-corrected chi connectivity index (χ3v) is 3.68. The summed E-state index contributed by atoms with van der Waals surface area (Å²) in [6.45, 7) is 8.67. The number of hydrogen-bond acceptors (Lipinski definition) is 3. The summed E-state index contributed by atoms with van der Waals surface area (Å²) in [6.07, 6.45) is 2.83. The van der Waals surface area contributed by atoms with E-state index in [0.717, 1.165) is 10.5 Å². The van der Waals surface area contributed by atoms with E-state index >= 15 is 0 Å². The van der Waals surface area contributed by atoms with Crippen LogP contribution in [0.2, 0.25) is 0 Å². The SMILES string of the molecule is CC.CN1CCCC1.Cc1nc2ccccc2s1. The van der Waals surface area contributed by atoms with E-state index in [9.17, 15) is 0 Å². The fourth-order valence-electron chi connectivity index (χ4n) is 1.86. The summed E-state index contributed by atoms with van der Waals surface area (Å²) in [4.78, 5) is 6.69. The third-order valence-electron chi connectivity index (χ3n) is 2.73. The molecule has 1 aliphatic rings. The van der Waals surface area contributed by atoms with Crippen LogP contribution in [-0.4, -0.2) is 30.0 Å². The zero-order chi connectivity index (χ0) is 13.4. The van der Waals surface area contributed by atoms with E-state index in [0.29, 0.717) is 0 Å². The Morgan fingerprint density at radius 3 is 2.22 bits per heavy atom. The van der Waals surface area contributed by atoms with Crippen molar-refractivity contribution in [3.63, 3.8) is 0 Å². The van der Waals surface area contributed by atoms with Crippen LogP contribution < -0.4 is 0 Å². The molecule has 1 aromatic carbocycles. The molecule has 1 fully saturated rings. The molecule has 2 nitrogen and oxygen atoms in total. The van der Waals surface area contributed by atoms with Crippen LogP contribution in [0.15, 0.2) is 24.3 Å². The number of nitrogens with zero attached hydrogens (tertiary/aromatic N) is 2. The van der Waals surface area contributed by atoms with E-state index in [1.807, 2.05) is 39.0 Å². The minimum absolute atomic E-state index is 1.12. The van der Waals surface area contributed by atoms with Crippen LogP contribution in [0.4, 0.5) is 0 Å². The van der Waals surface area contributed by atoms with E-state index < -0.39 is 0 Å². The minimum atomic E-state index is 1.12. The highest BCUT2D eigenvalue weighted by atomic mass is 32.1. The molecule has 0 aliphatic carbocycles. The number of aromatic nitrogens is 1. The van der Waals surface area contributed by atoms with Crippen LogP contribution in [0.25, 0.3) is 10.2 Å². The fraction of sp³-hybridized carbons (Fsp3) is 0.533. The van der Waals surface area contributed by atoms with Crippen molar-refractivity contribution in [2.75, 3.05) is 20.1 Å². The summed E-state index contributed by atoms with van der Waals surface area (Å²) in [7, 11) is 2.17. The Kier molecular flexibility index (Phi) is 6.91. The summed E-state index contributed by atoms with van der Waals surface area (Å²) in [5.74, 6) is 0. The van der Waals surface area contributed by atoms with E-state index in [2.05, 4.69) is 23.0 Å². The monoisotopic (exact) mass is 264 g/mol. The highest BCUT2D eigenvalue weighted by Crippen LogP contribution is 2.19. The number of likely N-dealkylation sites (tertiary alicyclic amines) is 1. The number of thiazole rings is 1. The largest absolute Gasteiger partial charge is 0.306 e. The number of para-hydroxylation sites is 1. The van der Waals surface area contributed by atoms with E-state index in [1.165, 1.54) is 30.6 Å². The van der Waals surface area contributed by atoms with Crippen molar-refractivity contribution >= 4 is 21.6 Å². The highest BCUT2D eigenvalue weighted by molar-refractivity contribution is 7.18. The van der Waals surface area contributed by atoms with Crippen molar-refractivity contribution in [3.8, 4) is 0 Å². The molecule has 3 rings (SSSR count). The maximum absolute atomic E-state index is 4.33.